The van der Waals surface area contributed by atoms with E-state index < -0.39 is 4.92 Å². The van der Waals surface area contributed by atoms with E-state index in [0.717, 1.165) is 16.9 Å². The molecule has 0 saturated carbocycles. The fraction of sp³-hybridized carbons (Fsp3) is 0.200. The third kappa shape index (κ3) is 4.83. The Kier molecular flexibility index (Phi) is 5.73. The summed E-state index contributed by atoms with van der Waals surface area (Å²) in [6.07, 6.45) is 0. The van der Waals surface area contributed by atoms with E-state index in [2.05, 4.69) is 43.0 Å². The summed E-state index contributed by atoms with van der Waals surface area (Å²) in [5, 5.41) is 14.8. The largest absolute Gasteiger partial charge is 0.489 e. The fourth-order valence-electron chi connectivity index (χ4n) is 3.20. The zero-order valence-electron chi connectivity index (χ0n) is 18.1. The van der Waals surface area contributed by atoms with E-state index in [-0.39, 0.29) is 11.1 Å². The van der Waals surface area contributed by atoms with Gasteiger partial charge in [0.1, 0.15) is 12.4 Å². The molecule has 3 aromatic carbocycles. The van der Waals surface area contributed by atoms with Crippen LogP contribution in [0.4, 0.5) is 5.69 Å². The van der Waals surface area contributed by atoms with E-state index in [1.54, 1.807) is 12.1 Å². The number of nitro groups is 1. The number of ether oxygens (including phenoxy) is 1. The second kappa shape index (κ2) is 8.63. The fourth-order valence-corrected chi connectivity index (χ4v) is 3.20. The van der Waals surface area contributed by atoms with Crippen LogP contribution in [0.5, 0.6) is 5.75 Å². The van der Waals surface area contributed by atoms with Gasteiger partial charge in [-0.05, 0) is 52.9 Å². The summed E-state index contributed by atoms with van der Waals surface area (Å²) in [6.45, 7) is 6.95. The third-order valence-electron chi connectivity index (χ3n) is 5.06. The standard InChI is InChI=1S/C25H23N3O4/c1-25(2,3)20-9-13-22(14-10-20)31-16-17-5-4-6-19(15-17)24-26-23(27-32-24)18-7-11-21(12-8-18)28(29)30/h4-15H,16H2,1-3H3. The van der Waals surface area contributed by atoms with Gasteiger partial charge in [-0.3, -0.25) is 10.1 Å². The third-order valence-corrected chi connectivity index (χ3v) is 5.06. The van der Waals surface area contributed by atoms with Gasteiger partial charge in [-0.1, -0.05) is 50.2 Å². The first-order chi connectivity index (χ1) is 15.3. The number of nitrogens with zero attached hydrogens (tertiary/aromatic N) is 3. The van der Waals surface area contributed by atoms with Gasteiger partial charge in [-0.15, -0.1) is 0 Å². The van der Waals surface area contributed by atoms with Gasteiger partial charge in [-0.25, -0.2) is 0 Å². The lowest BCUT2D eigenvalue weighted by Gasteiger charge is -2.19. The van der Waals surface area contributed by atoms with Crippen LogP contribution in [0.1, 0.15) is 31.9 Å². The molecule has 7 heteroatoms. The highest BCUT2D eigenvalue weighted by Crippen LogP contribution is 2.26. The van der Waals surface area contributed by atoms with Gasteiger partial charge in [-0.2, -0.15) is 4.98 Å². The van der Waals surface area contributed by atoms with Crippen molar-refractivity contribution in [3.8, 4) is 28.6 Å². The summed E-state index contributed by atoms with van der Waals surface area (Å²) in [5.41, 5.74) is 3.76. The minimum Gasteiger partial charge on any atom is -0.489 e. The van der Waals surface area contributed by atoms with Gasteiger partial charge in [0.05, 0.1) is 4.92 Å². The average Bonchev–Trinajstić information content (AvgIpc) is 3.28. The van der Waals surface area contributed by atoms with Crippen LogP contribution >= 0.6 is 0 Å². The predicted octanol–water partition coefficient (Wildman–Crippen LogP) is 6.19. The Morgan fingerprint density at radius 2 is 1.69 bits per heavy atom. The van der Waals surface area contributed by atoms with Crippen LogP contribution in [0.25, 0.3) is 22.8 Å². The maximum Gasteiger partial charge on any atom is 0.269 e. The smallest absolute Gasteiger partial charge is 0.269 e. The number of nitro benzene ring substituents is 1. The number of non-ortho nitro benzene ring substituents is 1. The number of rotatable bonds is 6. The lowest BCUT2D eigenvalue weighted by molar-refractivity contribution is -0.384. The monoisotopic (exact) mass is 429 g/mol. The number of aromatic nitrogens is 2. The Morgan fingerprint density at radius 1 is 0.969 bits per heavy atom. The first-order valence-corrected chi connectivity index (χ1v) is 10.2. The molecule has 0 amide bonds. The predicted molar refractivity (Wildman–Crippen MR) is 121 cm³/mol. The van der Waals surface area contributed by atoms with Gasteiger partial charge < -0.3 is 9.26 Å². The highest BCUT2D eigenvalue weighted by atomic mass is 16.6. The highest BCUT2D eigenvalue weighted by Gasteiger charge is 2.14. The minimum absolute atomic E-state index is 0.0122. The van der Waals surface area contributed by atoms with Crippen LogP contribution in [0.15, 0.2) is 77.3 Å². The Bertz CT molecular complexity index is 1220. The van der Waals surface area contributed by atoms with Crippen LogP contribution in [-0.2, 0) is 12.0 Å². The van der Waals surface area contributed by atoms with Gasteiger partial charge >= 0.3 is 0 Å². The van der Waals surface area contributed by atoms with Crippen LogP contribution in [0, 0.1) is 10.1 Å². The van der Waals surface area contributed by atoms with Crippen molar-refractivity contribution in [3.05, 3.63) is 94.0 Å². The number of benzene rings is 3. The summed E-state index contributed by atoms with van der Waals surface area (Å²) < 4.78 is 11.3. The molecule has 0 aliphatic carbocycles. The molecule has 7 nitrogen and oxygen atoms in total. The Labute approximate surface area is 185 Å². The van der Waals surface area contributed by atoms with Crippen LogP contribution in [-0.4, -0.2) is 15.1 Å². The van der Waals surface area contributed by atoms with Crippen LogP contribution in [0.3, 0.4) is 0 Å². The number of hydrogen-bond donors (Lipinski definition) is 0. The zero-order valence-corrected chi connectivity index (χ0v) is 18.1. The molecule has 0 saturated heterocycles. The molecular formula is C25H23N3O4. The molecule has 0 atom stereocenters. The summed E-state index contributed by atoms with van der Waals surface area (Å²) in [6, 6.07) is 21.9. The van der Waals surface area contributed by atoms with Crippen molar-refractivity contribution in [2.75, 3.05) is 0 Å². The molecule has 162 valence electrons. The van der Waals surface area contributed by atoms with E-state index >= 15 is 0 Å². The van der Waals surface area contributed by atoms with Crippen molar-refractivity contribution in [1.82, 2.24) is 10.1 Å². The van der Waals surface area contributed by atoms with Crippen molar-refractivity contribution >= 4 is 5.69 Å². The van der Waals surface area contributed by atoms with E-state index in [4.69, 9.17) is 9.26 Å². The van der Waals surface area contributed by atoms with E-state index in [1.165, 1.54) is 17.7 Å². The van der Waals surface area contributed by atoms with Gasteiger partial charge in [0.15, 0.2) is 0 Å². The summed E-state index contributed by atoms with van der Waals surface area (Å²) in [7, 11) is 0. The lowest BCUT2D eigenvalue weighted by atomic mass is 9.87. The highest BCUT2D eigenvalue weighted by molar-refractivity contribution is 5.61. The molecule has 0 N–H and O–H groups in total. The SMILES string of the molecule is CC(C)(C)c1ccc(OCc2cccc(-c3nc(-c4ccc([N+](=O)[O-])cc4)no3)c2)cc1. The first-order valence-electron chi connectivity index (χ1n) is 10.2. The molecule has 0 fully saturated rings. The molecule has 32 heavy (non-hydrogen) atoms. The number of hydrogen-bond acceptors (Lipinski definition) is 6. The molecule has 1 heterocycles. The topological polar surface area (TPSA) is 91.3 Å². The van der Waals surface area contributed by atoms with Crippen LogP contribution in [0.2, 0.25) is 0 Å². The molecule has 0 bridgehead atoms. The maximum atomic E-state index is 10.8. The Balaban J connectivity index is 1.46. The molecule has 1 aromatic heterocycles. The van der Waals surface area contributed by atoms with Crippen LogP contribution < -0.4 is 4.74 Å². The Hall–Kier alpha value is -4.00. The Morgan fingerprint density at radius 3 is 2.34 bits per heavy atom. The zero-order chi connectivity index (χ0) is 22.7. The quantitative estimate of drug-likeness (QED) is 0.268. The van der Waals surface area contributed by atoms with Gasteiger partial charge in [0, 0.05) is 23.3 Å². The van der Waals surface area contributed by atoms with E-state index in [0.29, 0.717) is 23.9 Å². The molecule has 0 radical (unpaired) electrons. The lowest BCUT2D eigenvalue weighted by Crippen LogP contribution is -2.10. The van der Waals surface area contributed by atoms with Crippen molar-refractivity contribution in [2.24, 2.45) is 0 Å². The molecule has 0 aliphatic heterocycles. The molecule has 4 rings (SSSR count). The maximum absolute atomic E-state index is 10.8. The summed E-state index contributed by atoms with van der Waals surface area (Å²) in [5.74, 6) is 1.55. The van der Waals surface area contributed by atoms with Crippen molar-refractivity contribution in [3.63, 3.8) is 0 Å². The first kappa shape index (κ1) is 21.2. The average molecular weight is 429 g/mol. The van der Waals surface area contributed by atoms with Crippen molar-refractivity contribution < 1.29 is 14.2 Å². The molecule has 0 aliphatic rings. The summed E-state index contributed by atoms with van der Waals surface area (Å²) >= 11 is 0. The van der Waals surface area contributed by atoms with E-state index in [9.17, 15) is 10.1 Å². The van der Waals surface area contributed by atoms with Crippen molar-refractivity contribution in [1.29, 1.82) is 0 Å². The van der Waals surface area contributed by atoms with E-state index in [1.807, 2.05) is 36.4 Å². The van der Waals surface area contributed by atoms with Crippen molar-refractivity contribution in [2.45, 2.75) is 32.8 Å². The second-order valence-electron chi connectivity index (χ2n) is 8.49. The molecule has 0 unspecified atom stereocenters. The molecule has 4 aromatic rings. The van der Waals surface area contributed by atoms with Gasteiger partial charge in [0.25, 0.3) is 11.6 Å². The second-order valence-corrected chi connectivity index (χ2v) is 8.49. The summed E-state index contributed by atoms with van der Waals surface area (Å²) in [4.78, 5) is 14.8. The minimum atomic E-state index is -0.446. The molecule has 0 spiro atoms. The molecular weight excluding hydrogens is 406 g/mol. The van der Waals surface area contributed by atoms with Gasteiger partial charge in [0.2, 0.25) is 5.82 Å². The normalized spacial score (nSPS) is 11.3.